The van der Waals surface area contributed by atoms with Gasteiger partial charge >= 0.3 is 0 Å². The summed E-state index contributed by atoms with van der Waals surface area (Å²) in [6, 6.07) is 15.5. The number of carbonyl (C=O) groups excluding carboxylic acids is 1. The second-order valence-electron chi connectivity index (χ2n) is 5.29. The molecule has 0 saturated carbocycles. The zero-order chi connectivity index (χ0) is 17.4. The quantitative estimate of drug-likeness (QED) is 0.627. The summed E-state index contributed by atoms with van der Waals surface area (Å²) in [4.78, 5) is 15.8. The number of guanidine groups is 1. The molecule has 126 valence electrons. The molecule has 0 saturated heterocycles. The first-order valence-electron chi connectivity index (χ1n) is 7.90. The molecule has 0 fully saturated rings. The number of nitrogens with one attached hydrogen (secondary N) is 2. The number of aliphatic imine (C=N–C) groups is 1. The van der Waals surface area contributed by atoms with E-state index in [-0.39, 0.29) is 5.78 Å². The lowest BCUT2D eigenvalue weighted by molar-refractivity contribution is -0.118. The van der Waals surface area contributed by atoms with Crippen LogP contribution in [0.3, 0.4) is 0 Å². The number of anilines is 2. The Balaban J connectivity index is 2.14. The third-order valence-electron chi connectivity index (χ3n) is 3.57. The number of para-hydroxylation sites is 1. The Morgan fingerprint density at radius 1 is 1.12 bits per heavy atom. The Kier molecular flexibility index (Phi) is 6.37. The number of carbonyl (C=O) groups is 1. The van der Waals surface area contributed by atoms with E-state index in [1.54, 1.807) is 14.2 Å². The molecule has 0 aliphatic carbocycles. The van der Waals surface area contributed by atoms with Crippen LogP contribution in [0.15, 0.2) is 53.5 Å². The molecule has 2 aromatic carbocycles. The fourth-order valence-corrected chi connectivity index (χ4v) is 2.23. The molecule has 0 amide bonds. The van der Waals surface area contributed by atoms with Crippen LogP contribution in [0.5, 0.6) is 5.75 Å². The number of methoxy groups -OCH3 is 1. The summed E-state index contributed by atoms with van der Waals surface area (Å²) in [6.45, 7) is 1.87. The van der Waals surface area contributed by atoms with Crippen LogP contribution < -0.4 is 15.4 Å². The predicted octanol–water partition coefficient (Wildman–Crippen LogP) is 3.73. The van der Waals surface area contributed by atoms with Crippen molar-refractivity contribution in [2.24, 2.45) is 4.99 Å². The summed E-state index contributed by atoms with van der Waals surface area (Å²) < 4.78 is 5.44. The topological polar surface area (TPSA) is 62.7 Å². The smallest absolute Gasteiger partial charge is 0.200 e. The Bertz CT molecular complexity index is 712. The lowest BCUT2D eigenvalue weighted by Gasteiger charge is -2.15. The van der Waals surface area contributed by atoms with Crippen LogP contribution in [0.25, 0.3) is 0 Å². The number of Topliss-reactive ketones (excluding diaryl/α,β-unsaturated/α-hetero) is 1. The Hall–Kier alpha value is -2.82. The summed E-state index contributed by atoms with van der Waals surface area (Å²) >= 11 is 0. The Labute approximate surface area is 142 Å². The Morgan fingerprint density at radius 2 is 1.88 bits per heavy atom. The summed E-state index contributed by atoms with van der Waals surface area (Å²) in [5.41, 5.74) is 2.67. The van der Waals surface area contributed by atoms with Crippen molar-refractivity contribution in [2.45, 2.75) is 19.8 Å². The van der Waals surface area contributed by atoms with E-state index in [9.17, 15) is 4.79 Å². The van der Waals surface area contributed by atoms with Crippen molar-refractivity contribution in [1.29, 1.82) is 0 Å². The molecule has 2 aromatic rings. The van der Waals surface area contributed by atoms with Gasteiger partial charge in [-0.3, -0.25) is 9.79 Å². The summed E-state index contributed by atoms with van der Waals surface area (Å²) in [7, 11) is 3.32. The number of hydrogen-bond donors (Lipinski definition) is 2. The molecule has 5 heteroatoms. The second kappa shape index (κ2) is 8.72. The van der Waals surface area contributed by atoms with Gasteiger partial charge in [0.15, 0.2) is 5.96 Å². The van der Waals surface area contributed by atoms with Gasteiger partial charge in [0.25, 0.3) is 0 Å². The molecule has 2 N–H and O–H groups in total. The van der Waals surface area contributed by atoms with Gasteiger partial charge in [-0.05, 0) is 29.8 Å². The average molecular weight is 325 g/mol. The molecule has 0 unspecified atom stereocenters. The lowest BCUT2D eigenvalue weighted by Crippen LogP contribution is -2.22. The molecular weight excluding hydrogens is 302 g/mol. The maximum atomic E-state index is 11.6. The minimum Gasteiger partial charge on any atom is -0.495 e. The zero-order valence-corrected chi connectivity index (χ0v) is 14.3. The van der Waals surface area contributed by atoms with Gasteiger partial charge in [0, 0.05) is 25.6 Å². The van der Waals surface area contributed by atoms with Crippen LogP contribution in [0.1, 0.15) is 18.9 Å². The first-order valence-corrected chi connectivity index (χ1v) is 7.90. The predicted molar refractivity (Wildman–Crippen MR) is 99.0 cm³/mol. The lowest BCUT2D eigenvalue weighted by atomic mass is 10.1. The maximum absolute atomic E-state index is 11.6. The van der Waals surface area contributed by atoms with Crippen molar-refractivity contribution in [3.8, 4) is 5.75 Å². The van der Waals surface area contributed by atoms with Gasteiger partial charge in [0.2, 0.25) is 0 Å². The highest BCUT2D eigenvalue weighted by Crippen LogP contribution is 2.26. The van der Waals surface area contributed by atoms with E-state index in [4.69, 9.17) is 4.74 Å². The van der Waals surface area contributed by atoms with Crippen molar-refractivity contribution in [3.05, 3.63) is 54.1 Å². The van der Waals surface area contributed by atoms with Crippen LogP contribution >= 0.6 is 0 Å². The first kappa shape index (κ1) is 17.5. The fraction of sp³-hybridized carbons (Fsp3) is 0.263. The molecule has 0 spiro atoms. The van der Waals surface area contributed by atoms with E-state index in [0.717, 1.165) is 16.9 Å². The zero-order valence-electron chi connectivity index (χ0n) is 14.3. The minimum absolute atomic E-state index is 0.208. The van der Waals surface area contributed by atoms with Gasteiger partial charge in [-0.2, -0.15) is 0 Å². The third-order valence-corrected chi connectivity index (χ3v) is 3.57. The van der Waals surface area contributed by atoms with Gasteiger partial charge in [0.05, 0.1) is 12.8 Å². The number of hydrogen-bond acceptors (Lipinski definition) is 3. The van der Waals surface area contributed by atoms with Gasteiger partial charge in [0.1, 0.15) is 11.5 Å². The van der Waals surface area contributed by atoms with E-state index < -0.39 is 0 Å². The molecule has 0 atom stereocenters. The molecule has 0 aliphatic heterocycles. The third kappa shape index (κ3) is 4.84. The van der Waals surface area contributed by atoms with Crippen LogP contribution in [-0.2, 0) is 11.2 Å². The molecule has 0 aromatic heterocycles. The van der Waals surface area contributed by atoms with E-state index in [1.165, 1.54) is 0 Å². The SMILES string of the molecule is CCC(=O)Cc1ccc(NC(=NC)Nc2ccccc2)c(OC)c1. The number of benzene rings is 2. The van der Waals surface area contributed by atoms with Crippen LogP contribution in [-0.4, -0.2) is 25.9 Å². The number of rotatable bonds is 6. The number of ether oxygens (including phenoxy) is 1. The van der Waals surface area contributed by atoms with Gasteiger partial charge in [-0.15, -0.1) is 0 Å². The summed E-state index contributed by atoms with van der Waals surface area (Å²) in [5.74, 6) is 1.49. The van der Waals surface area contributed by atoms with Crippen LogP contribution in [0, 0.1) is 0 Å². The molecule has 24 heavy (non-hydrogen) atoms. The highest BCUT2D eigenvalue weighted by Gasteiger charge is 2.09. The van der Waals surface area contributed by atoms with Crippen molar-refractivity contribution < 1.29 is 9.53 Å². The van der Waals surface area contributed by atoms with Crippen molar-refractivity contribution in [3.63, 3.8) is 0 Å². The fourth-order valence-electron chi connectivity index (χ4n) is 2.23. The number of nitrogens with zero attached hydrogens (tertiary/aromatic N) is 1. The second-order valence-corrected chi connectivity index (χ2v) is 5.29. The van der Waals surface area contributed by atoms with E-state index >= 15 is 0 Å². The molecule has 2 rings (SSSR count). The van der Waals surface area contributed by atoms with Gasteiger partial charge in [-0.1, -0.05) is 31.2 Å². The molecule has 0 heterocycles. The van der Waals surface area contributed by atoms with Crippen molar-refractivity contribution in [2.75, 3.05) is 24.8 Å². The minimum atomic E-state index is 0.208. The average Bonchev–Trinajstić information content (AvgIpc) is 2.62. The van der Waals surface area contributed by atoms with E-state index in [2.05, 4.69) is 15.6 Å². The first-order chi connectivity index (χ1) is 11.7. The molecular formula is C19H23N3O2. The van der Waals surface area contributed by atoms with E-state index in [1.807, 2.05) is 55.5 Å². The standard InChI is InChI=1S/C19H23N3O2/c1-4-16(23)12-14-10-11-17(18(13-14)24-3)22-19(20-2)21-15-8-6-5-7-9-15/h5-11,13H,4,12H2,1-3H3,(H2,20,21,22). The van der Waals surface area contributed by atoms with Crippen molar-refractivity contribution in [1.82, 2.24) is 0 Å². The monoisotopic (exact) mass is 325 g/mol. The highest BCUT2D eigenvalue weighted by molar-refractivity contribution is 6.04. The Morgan fingerprint density at radius 3 is 2.50 bits per heavy atom. The normalized spacial score (nSPS) is 11.0. The largest absolute Gasteiger partial charge is 0.495 e. The number of ketones is 1. The molecule has 0 aliphatic rings. The molecule has 0 bridgehead atoms. The maximum Gasteiger partial charge on any atom is 0.200 e. The van der Waals surface area contributed by atoms with Crippen molar-refractivity contribution >= 4 is 23.1 Å². The van der Waals surface area contributed by atoms with Crippen LogP contribution in [0.4, 0.5) is 11.4 Å². The molecule has 0 radical (unpaired) electrons. The van der Waals surface area contributed by atoms with Gasteiger partial charge < -0.3 is 15.4 Å². The van der Waals surface area contributed by atoms with E-state index in [0.29, 0.717) is 24.6 Å². The van der Waals surface area contributed by atoms with Crippen LogP contribution in [0.2, 0.25) is 0 Å². The molecule has 5 nitrogen and oxygen atoms in total. The highest BCUT2D eigenvalue weighted by atomic mass is 16.5. The van der Waals surface area contributed by atoms with Gasteiger partial charge in [-0.25, -0.2) is 0 Å². The summed E-state index contributed by atoms with van der Waals surface area (Å²) in [5, 5.41) is 6.43. The summed E-state index contributed by atoms with van der Waals surface area (Å²) in [6.07, 6.45) is 0.958.